The number of anilines is 1. The molecule has 1 saturated heterocycles. The van der Waals surface area contributed by atoms with E-state index in [4.69, 9.17) is 16.9 Å². The summed E-state index contributed by atoms with van der Waals surface area (Å²) in [6.45, 7) is 3.83. The zero-order chi connectivity index (χ0) is 14.9. The SMILES string of the molecule is CCC1(CC)CC(=O)N(c2ccc(C#N)cc2Cl)C1=O. The second-order valence-corrected chi connectivity index (χ2v) is 5.38. The molecule has 0 N–H and O–H groups in total. The summed E-state index contributed by atoms with van der Waals surface area (Å²) in [5.74, 6) is -0.426. The quantitative estimate of drug-likeness (QED) is 0.803. The molecule has 20 heavy (non-hydrogen) atoms. The predicted molar refractivity (Wildman–Crippen MR) is 76.3 cm³/mol. The lowest BCUT2D eigenvalue weighted by Crippen LogP contribution is -2.35. The van der Waals surface area contributed by atoms with E-state index in [0.29, 0.717) is 24.1 Å². The number of nitriles is 1. The molecule has 4 nitrogen and oxygen atoms in total. The molecule has 2 rings (SSSR count). The molecule has 0 aliphatic carbocycles. The summed E-state index contributed by atoms with van der Waals surface area (Å²) in [7, 11) is 0. The van der Waals surface area contributed by atoms with E-state index in [1.807, 2.05) is 19.9 Å². The van der Waals surface area contributed by atoms with Gasteiger partial charge in [0.15, 0.2) is 0 Å². The molecule has 0 aromatic heterocycles. The Morgan fingerprint density at radius 3 is 2.45 bits per heavy atom. The molecule has 0 saturated carbocycles. The van der Waals surface area contributed by atoms with Crippen molar-refractivity contribution in [1.82, 2.24) is 0 Å². The maximum absolute atomic E-state index is 12.6. The molecule has 1 fully saturated rings. The Hall–Kier alpha value is -1.86. The molecule has 104 valence electrons. The summed E-state index contributed by atoms with van der Waals surface area (Å²) in [5.41, 5.74) is 0.147. The summed E-state index contributed by atoms with van der Waals surface area (Å²) in [6.07, 6.45) is 1.46. The Kier molecular flexibility index (Phi) is 3.82. The summed E-state index contributed by atoms with van der Waals surface area (Å²) in [6, 6.07) is 6.55. The van der Waals surface area contributed by atoms with Gasteiger partial charge in [-0.3, -0.25) is 9.59 Å². The Morgan fingerprint density at radius 2 is 2.00 bits per heavy atom. The Morgan fingerprint density at radius 1 is 1.35 bits per heavy atom. The third kappa shape index (κ3) is 2.08. The zero-order valence-corrected chi connectivity index (χ0v) is 12.2. The highest BCUT2D eigenvalue weighted by molar-refractivity contribution is 6.36. The molecule has 1 aliphatic heterocycles. The molecule has 0 unspecified atom stereocenters. The van der Waals surface area contributed by atoms with Crippen LogP contribution in [0.15, 0.2) is 18.2 Å². The molecule has 0 spiro atoms. The monoisotopic (exact) mass is 290 g/mol. The van der Waals surface area contributed by atoms with Crippen molar-refractivity contribution >= 4 is 29.1 Å². The van der Waals surface area contributed by atoms with Gasteiger partial charge in [-0.25, -0.2) is 4.90 Å². The van der Waals surface area contributed by atoms with E-state index < -0.39 is 5.41 Å². The van der Waals surface area contributed by atoms with Gasteiger partial charge in [0.05, 0.1) is 27.8 Å². The minimum absolute atomic E-state index is 0.195. The van der Waals surface area contributed by atoms with Crippen LogP contribution in [-0.4, -0.2) is 11.8 Å². The first kappa shape index (κ1) is 14.5. The topological polar surface area (TPSA) is 61.2 Å². The number of carbonyl (C=O) groups is 2. The average Bonchev–Trinajstić information content (AvgIpc) is 2.70. The van der Waals surface area contributed by atoms with E-state index in [9.17, 15) is 9.59 Å². The van der Waals surface area contributed by atoms with E-state index >= 15 is 0 Å². The highest BCUT2D eigenvalue weighted by Crippen LogP contribution is 2.42. The summed E-state index contributed by atoms with van der Waals surface area (Å²) in [5, 5.41) is 9.07. The summed E-state index contributed by atoms with van der Waals surface area (Å²) >= 11 is 6.10. The van der Waals surface area contributed by atoms with Gasteiger partial charge in [0, 0.05) is 6.42 Å². The molecular formula is C15H15ClN2O2. The van der Waals surface area contributed by atoms with Crippen LogP contribution in [-0.2, 0) is 9.59 Å². The molecule has 5 heteroatoms. The summed E-state index contributed by atoms with van der Waals surface area (Å²) in [4.78, 5) is 26.0. The van der Waals surface area contributed by atoms with Gasteiger partial charge in [0.1, 0.15) is 0 Å². The minimum Gasteiger partial charge on any atom is -0.274 e. The fourth-order valence-electron chi connectivity index (χ4n) is 2.60. The van der Waals surface area contributed by atoms with Gasteiger partial charge in [-0.2, -0.15) is 5.26 Å². The first-order valence-corrected chi connectivity index (χ1v) is 6.94. The predicted octanol–water partition coefficient (Wildman–Crippen LogP) is 3.28. The number of hydrogen-bond acceptors (Lipinski definition) is 3. The molecule has 0 atom stereocenters. The molecule has 0 radical (unpaired) electrons. The number of rotatable bonds is 3. The largest absolute Gasteiger partial charge is 0.274 e. The van der Waals surface area contributed by atoms with Crippen LogP contribution in [0.1, 0.15) is 38.7 Å². The van der Waals surface area contributed by atoms with Crippen molar-refractivity contribution in [2.75, 3.05) is 4.90 Å². The van der Waals surface area contributed by atoms with E-state index in [2.05, 4.69) is 0 Å². The van der Waals surface area contributed by atoms with Crippen LogP contribution in [0.25, 0.3) is 0 Å². The zero-order valence-electron chi connectivity index (χ0n) is 11.4. The summed E-state index contributed by atoms with van der Waals surface area (Å²) < 4.78 is 0. The Bertz CT molecular complexity index is 615. The van der Waals surface area contributed by atoms with Gasteiger partial charge in [-0.05, 0) is 31.0 Å². The van der Waals surface area contributed by atoms with Crippen LogP contribution >= 0.6 is 11.6 Å². The van der Waals surface area contributed by atoms with E-state index in [-0.39, 0.29) is 23.3 Å². The van der Waals surface area contributed by atoms with Gasteiger partial charge >= 0.3 is 0 Å². The fraction of sp³-hybridized carbons (Fsp3) is 0.400. The van der Waals surface area contributed by atoms with Crippen molar-refractivity contribution < 1.29 is 9.59 Å². The van der Waals surface area contributed by atoms with Crippen molar-refractivity contribution in [2.24, 2.45) is 5.41 Å². The highest BCUT2D eigenvalue weighted by atomic mass is 35.5. The standard InChI is InChI=1S/C15H15ClN2O2/c1-3-15(4-2)8-13(19)18(14(15)20)12-6-5-10(9-17)7-11(12)16/h5-7H,3-4,8H2,1-2H3. The van der Waals surface area contributed by atoms with Crippen LogP contribution in [0.5, 0.6) is 0 Å². The number of halogens is 1. The second-order valence-electron chi connectivity index (χ2n) is 4.98. The molecule has 2 amide bonds. The van der Waals surface area contributed by atoms with Crippen LogP contribution in [0, 0.1) is 16.7 Å². The number of hydrogen-bond donors (Lipinski definition) is 0. The normalized spacial score (nSPS) is 17.4. The van der Waals surface area contributed by atoms with Gasteiger partial charge in [-0.15, -0.1) is 0 Å². The highest BCUT2D eigenvalue weighted by Gasteiger charge is 2.50. The van der Waals surface area contributed by atoms with Crippen molar-refractivity contribution in [2.45, 2.75) is 33.1 Å². The fourth-order valence-corrected chi connectivity index (χ4v) is 2.86. The smallest absolute Gasteiger partial charge is 0.240 e. The van der Waals surface area contributed by atoms with Gasteiger partial charge in [-0.1, -0.05) is 25.4 Å². The van der Waals surface area contributed by atoms with Crippen LogP contribution in [0.2, 0.25) is 5.02 Å². The van der Waals surface area contributed by atoms with E-state index in [1.54, 1.807) is 12.1 Å². The first-order valence-electron chi connectivity index (χ1n) is 6.56. The molecular weight excluding hydrogens is 276 g/mol. The average molecular weight is 291 g/mol. The molecule has 1 aromatic rings. The van der Waals surface area contributed by atoms with Gasteiger partial charge in [0.2, 0.25) is 11.8 Å². The van der Waals surface area contributed by atoms with Crippen LogP contribution in [0.4, 0.5) is 5.69 Å². The third-order valence-electron chi connectivity index (χ3n) is 4.07. The maximum atomic E-state index is 12.6. The second kappa shape index (κ2) is 5.26. The molecule has 1 aromatic carbocycles. The number of nitrogens with zero attached hydrogens (tertiary/aromatic N) is 2. The molecule has 1 heterocycles. The lowest BCUT2D eigenvalue weighted by atomic mass is 9.81. The number of benzene rings is 1. The van der Waals surface area contributed by atoms with E-state index in [0.717, 1.165) is 4.90 Å². The van der Waals surface area contributed by atoms with Crippen molar-refractivity contribution in [1.29, 1.82) is 5.26 Å². The van der Waals surface area contributed by atoms with Crippen molar-refractivity contribution in [3.05, 3.63) is 28.8 Å². The first-order chi connectivity index (χ1) is 9.49. The van der Waals surface area contributed by atoms with Crippen LogP contribution < -0.4 is 4.90 Å². The van der Waals surface area contributed by atoms with Crippen LogP contribution in [0.3, 0.4) is 0 Å². The van der Waals surface area contributed by atoms with Gasteiger partial charge in [0.25, 0.3) is 0 Å². The Labute approximate surface area is 122 Å². The molecule has 1 aliphatic rings. The lowest BCUT2D eigenvalue weighted by Gasteiger charge is -2.24. The Balaban J connectivity index is 2.46. The maximum Gasteiger partial charge on any atom is 0.240 e. The number of imide groups is 1. The van der Waals surface area contributed by atoms with Crippen molar-refractivity contribution in [3.63, 3.8) is 0 Å². The van der Waals surface area contributed by atoms with E-state index in [1.165, 1.54) is 6.07 Å². The number of carbonyl (C=O) groups excluding carboxylic acids is 2. The number of amides is 2. The van der Waals surface area contributed by atoms with Gasteiger partial charge < -0.3 is 0 Å². The van der Waals surface area contributed by atoms with Crippen molar-refractivity contribution in [3.8, 4) is 6.07 Å². The molecule has 0 bridgehead atoms. The third-order valence-corrected chi connectivity index (χ3v) is 4.37. The lowest BCUT2D eigenvalue weighted by molar-refractivity contribution is -0.126. The minimum atomic E-state index is -0.617.